The average molecular weight is 385 g/mol. The van der Waals surface area contributed by atoms with Crippen molar-refractivity contribution in [1.82, 2.24) is 5.32 Å². The molecule has 1 unspecified atom stereocenters. The Morgan fingerprint density at radius 1 is 1.05 bits per heavy atom. The lowest BCUT2D eigenvalue weighted by Gasteiger charge is -2.29. The van der Waals surface area contributed by atoms with Crippen LogP contribution < -0.4 is 5.32 Å². The molecule has 1 aliphatic carbocycles. The van der Waals surface area contributed by atoms with Crippen LogP contribution in [0, 0.1) is 9.49 Å². The summed E-state index contributed by atoms with van der Waals surface area (Å²) in [6, 6.07) is 9.73. The first-order chi connectivity index (χ1) is 9.79. The zero-order valence-electron chi connectivity index (χ0n) is 12.7. The van der Waals surface area contributed by atoms with E-state index in [0.29, 0.717) is 6.04 Å². The van der Waals surface area contributed by atoms with Gasteiger partial charge in [0.25, 0.3) is 0 Å². The van der Waals surface area contributed by atoms with Gasteiger partial charge in [-0.2, -0.15) is 0 Å². The van der Waals surface area contributed by atoms with Crippen LogP contribution in [0.15, 0.2) is 24.3 Å². The fourth-order valence-corrected chi connectivity index (χ4v) is 3.79. The minimum absolute atomic E-state index is 0.665. The highest BCUT2D eigenvalue weighted by Gasteiger charge is 2.21. The van der Waals surface area contributed by atoms with Crippen molar-refractivity contribution in [3.05, 3.63) is 33.4 Å². The maximum atomic E-state index is 3.76. The Bertz CT molecular complexity index is 366. The molecule has 0 aromatic heterocycles. The molecular weight excluding hydrogens is 357 g/mol. The number of nitrogens with one attached hydrogen (secondary N) is 1. The Hall–Kier alpha value is -0.0900. The van der Waals surface area contributed by atoms with Crippen LogP contribution in [0.4, 0.5) is 0 Å². The highest BCUT2D eigenvalue weighted by atomic mass is 127. The molecule has 1 aliphatic rings. The van der Waals surface area contributed by atoms with Gasteiger partial charge in [0.15, 0.2) is 0 Å². The lowest BCUT2D eigenvalue weighted by molar-refractivity contribution is 0.286. The van der Waals surface area contributed by atoms with Gasteiger partial charge in [-0.05, 0) is 72.0 Å². The van der Waals surface area contributed by atoms with Crippen LogP contribution in [0.25, 0.3) is 0 Å². The molecule has 1 fully saturated rings. The molecule has 0 spiro atoms. The maximum Gasteiger partial charge on any atom is 0.0136 e. The van der Waals surface area contributed by atoms with Crippen LogP contribution in [-0.4, -0.2) is 12.6 Å². The second-order valence-electron chi connectivity index (χ2n) is 6.10. The van der Waals surface area contributed by atoms with Crippen molar-refractivity contribution in [3.63, 3.8) is 0 Å². The third-order valence-corrected chi connectivity index (χ3v) is 5.27. The number of hydrogen-bond donors (Lipinski definition) is 1. The summed E-state index contributed by atoms with van der Waals surface area (Å²) >= 11 is 2.38. The molecule has 112 valence electrons. The molecule has 1 aromatic carbocycles. The third-order valence-electron chi connectivity index (χ3n) is 4.55. The first kappa shape index (κ1) is 16.3. The predicted octanol–water partition coefficient (Wildman–Crippen LogP) is 5.17. The lowest BCUT2D eigenvalue weighted by Crippen LogP contribution is -2.38. The normalized spacial score (nSPS) is 19.3. The highest BCUT2D eigenvalue weighted by Crippen LogP contribution is 2.26. The Morgan fingerprint density at radius 3 is 2.25 bits per heavy atom. The van der Waals surface area contributed by atoms with Crippen molar-refractivity contribution in [2.24, 2.45) is 5.92 Å². The van der Waals surface area contributed by atoms with E-state index in [-0.39, 0.29) is 0 Å². The van der Waals surface area contributed by atoms with Crippen molar-refractivity contribution in [2.75, 3.05) is 6.54 Å². The molecule has 0 aliphatic heterocycles. The van der Waals surface area contributed by atoms with Gasteiger partial charge in [0, 0.05) is 9.61 Å². The van der Waals surface area contributed by atoms with Crippen molar-refractivity contribution in [1.29, 1.82) is 0 Å². The monoisotopic (exact) mass is 385 g/mol. The number of benzene rings is 1. The zero-order valence-corrected chi connectivity index (χ0v) is 14.9. The first-order valence-corrected chi connectivity index (χ1v) is 9.35. The second-order valence-corrected chi connectivity index (χ2v) is 7.35. The van der Waals surface area contributed by atoms with Gasteiger partial charge in [-0.3, -0.25) is 0 Å². The molecule has 0 saturated heterocycles. The fourth-order valence-electron chi connectivity index (χ4n) is 3.43. The Kier molecular flexibility index (Phi) is 7.36. The molecule has 20 heavy (non-hydrogen) atoms. The van der Waals surface area contributed by atoms with E-state index >= 15 is 0 Å². The molecule has 1 saturated carbocycles. The van der Waals surface area contributed by atoms with Crippen molar-refractivity contribution < 1.29 is 0 Å². The minimum atomic E-state index is 0.665. The highest BCUT2D eigenvalue weighted by molar-refractivity contribution is 14.1. The van der Waals surface area contributed by atoms with E-state index < -0.39 is 0 Å². The van der Waals surface area contributed by atoms with E-state index in [0.717, 1.165) is 12.5 Å². The van der Waals surface area contributed by atoms with Gasteiger partial charge < -0.3 is 5.32 Å². The van der Waals surface area contributed by atoms with Gasteiger partial charge in [0.1, 0.15) is 0 Å². The molecule has 0 radical (unpaired) electrons. The van der Waals surface area contributed by atoms with Gasteiger partial charge in [0.05, 0.1) is 0 Å². The summed E-state index contributed by atoms with van der Waals surface area (Å²) < 4.78 is 1.33. The molecule has 2 heteroatoms. The van der Waals surface area contributed by atoms with E-state index in [1.165, 1.54) is 60.5 Å². The predicted molar refractivity (Wildman–Crippen MR) is 96.1 cm³/mol. The van der Waals surface area contributed by atoms with Crippen LogP contribution in [-0.2, 0) is 6.42 Å². The molecule has 0 bridgehead atoms. The van der Waals surface area contributed by atoms with Crippen LogP contribution >= 0.6 is 22.6 Å². The van der Waals surface area contributed by atoms with E-state index in [1.807, 2.05) is 0 Å². The van der Waals surface area contributed by atoms with Crippen LogP contribution in [0.2, 0.25) is 0 Å². The molecule has 1 aromatic rings. The van der Waals surface area contributed by atoms with Crippen molar-refractivity contribution in [2.45, 2.75) is 64.3 Å². The van der Waals surface area contributed by atoms with Crippen molar-refractivity contribution in [3.8, 4) is 0 Å². The number of likely N-dealkylation sites (N-methyl/N-ethyl adjacent to an activating group) is 1. The number of rotatable bonds is 5. The zero-order chi connectivity index (χ0) is 14.2. The molecule has 0 amide bonds. The average Bonchev–Trinajstić information content (AvgIpc) is 2.41. The quantitative estimate of drug-likeness (QED) is 0.690. The molecule has 0 heterocycles. The topological polar surface area (TPSA) is 12.0 Å². The molecule has 1 atom stereocenters. The van der Waals surface area contributed by atoms with Crippen LogP contribution in [0.3, 0.4) is 0 Å². The van der Waals surface area contributed by atoms with Gasteiger partial charge in [-0.1, -0.05) is 51.2 Å². The standard InChI is InChI=1S/C18H28IN/c1-2-20-18(14-15-10-12-17(19)13-11-15)16-8-6-4-3-5-7-9-16/h10-13,16,18,20H,2-9,14H2,1H3. The fraction of sp³-hybridized carbons (Fsp3) is 0.667. The maximum absolute atomic E-state index is 3.76. The summed E-state index contributed by atoms with van der Waals surface area (Å²) in [4.78, 5) is 0. The van der Waals surface area contributed by atoms with Gasteiger partial charge in [0.2, 0.25) is 0 Å². The molecule has 2 rings (SSSR count). The Balaban J connectivity index is 1.98. The largest absolute Gasteiger partial charge is 0.314 e. The van der Waals surface area contributed by atoms with Gasteiger partial charge in [-0.15, -0.1) is 0 Å². The SMILES string of the molecule is CCNC(Cc1ccc(I)cc1)C1CCCCCCC1. The van der Waals surface area contributed by atoms with Crippen LogP contribution in [0.5, 0.6) is 0 Å². The summed E-state index contributed by atoms with van der Waals surface area (Å²) in [7, 11) is 0. The van der Waals surface area contributed by atoms with E-state index in [2.05, 4.69) is 59.1 Å². The Labute approximate surface area is 138 Å². The van der Waals surface area contributed by atoms with Gasteiger partial charge >= 0.3 is 0 Å². The van der Waals surface area contributed by atoms with Gasteiger partial charge in [-0.25, -0.2) is 0 Å². The number of hydrogen-bond acceptors (Lipinski definition) is 1. The summed E-state index contributed by atoms with van der Waals surface area (Å²) in [5.74, 6) is 0.870. The summed E-state index contributed by atoms with van der Waals surface area (Å²) in [5.41, 5.74) is 1.48. The summed E-state index contributed by atoms with van der Waals surface area (Å²) in [6.45, 7) is 3.33. The van der Waals surface area contributed by atoms with E-state index in [4.69, 9.17) is 0 Å². The smallest absolute Gasteiger partial charge is 0.0136 e. The summed E-state index contributed by atoms with van der Waals surface area (Å²) in [5, 5.41) is 3.76. The second kappa shape index (κ2) is 9.04. The molecule has 1 nitrogen and oxygen atoms in total. The number of halogens is 1. The Morgan fingerprint density at radius 2 is 1.65 bits per heavy atom. The lowest BCUT2D eigenvalue weighted by atomic mass is 9.83. The summed E-state index contributed by atoms with van der Waals surface area (Å²) in [6.07, 6.45) is 11.2. The van der Waals surface area contributed by atoms with Crippen molar-refractivity contribution >= 4 is 22.6 Å². The molecular formula is C18H28IN. The van der Waals surface area contributed by atoms with E-state index in [9.17, 15) is 0 Å². The minimum Gasteiger partial charge on any atom is -0.314 e. The third kappa shape index (κ3) is 5.36. The van der Waals surface area contributed by atoms with E-state index in [1.54, 1.807) is 0 Å². The van der Waals surface area contributed by atoms with Crippen LogP contribution in [0.1, 0.15) is 57.4 Å². The first-order valence-electron chi connectivity index (χ1n) is 8.27. The molecule has 1 N–H and O–H groups in total.